The lowest BCUT2D eigenvalue weighted by molar-refractivity contribution is 0.1000. The second-order valence-electron chi connectivity index (χ2n) is 5.19. The average molecular weight is 311 g/mol. The molecule has 1 aromatic carbocycles. The highest BCUT2D eigenvalue weighted by Crippen LogP contribution is 2.19. The standard InChI is InChI=1S/C17H17N3OS/c1-12-4-2-7-16-19-15(9-20(12)16)11-22-10-13-5-3-6-14(8-13)17(18)21/h2-9H,10-11H2,1H3,(H2,18,21). The fourth-order valence-electron chi connectivity index (χ4n) is 2.36. The molecule has 0 spiro atoms. The normalized spacial score (nSPS) is 11.0. The van der Waals surface area contributed by atoms with Crippen molar-refractivity contribution in [3.8, 4) is 0 Å². The van der Waals surface area contributed by atoms with E-state index in [0.717, 1.165) is 28.4 Å². The molecule has 3 rings (SSSR count). The summed E-state index contributed by atoms with van der Waals surface area (Å²) in [7, 11) is 0. The number of primary amides is 1. The largest absolute Gasteiger partial charge is 0.366 e. The fourth-order valence-corrected chi connectivity index (χ4v) is 3.22. The first kappa shape index (κ1) is 14.7. The van der Waals surface area contributed by atoms with Crippen LogP contribution < -0.4 is 5.73 Å². The number of hydrogen-bond donors (Lipinski definition) is 1. The molecule has 1 amide bonds. The number of carbonyl (C=O) groups excluding carboxylic acids is 1. The molecule has 0 saturated heterocycles. The van der Waals surface area contributed by atoms with Gasteiger partial charge in [-0.3, -0.25) is 4.79 Å². The quantitative estimate of drug-likeness (QED) is 0.787. The van der Waals surface area contributed by atoms with Crippen molar-refractivity contribution in [1.29, 1.82) is 0 Å². The Labute approximate surface area is 133 Å². The van der Waals surface area contributed by atoms with Crippen molar-refractivity contribution in [2.45, 2.75) is 18.4 Å². The van der Waals surface area contributed by atoms with Gasteiger partial charge in [-0.05, 0) is 36.8 Å². The maximum atomic E-state index is 11.2. The summed E-state index contributed by atoms with van der Waals surface area (Å²) in [6.45, 7) is 2.07. The summed E-state index contributed by atoms with van der Waals surface area (Å²) in [5.41, 5.74) is 10.2. The fraction of sp³-hybridized carbons (Fsp3) is 0.176. The van der Waals surface area contributed by atoms with Gasteiger partial charge in [0.1, 0.15) is 5.65 Å². The van der Waals surface area contributed by atoms with E-state index in [0.29, 0.717) is 5.56 Å². The van der Waals surface area contributed by atoms with Crippen molar-refractivity contribution in [3.05, 3.63) is 71.2 Å². The van der Waals surface area contributed by atoms with Crippen molar-refractivity contribution in [1.82, 2.24) is 9.38 Å². The number of thioether (sulfide) groups is 1. The van der Waals surface area contributed by atoms with Crippen LogP contribution in [-0.4, -0.2) is 15.3 Å². The molecular formula is C17H17N3OS. The molecular weight excluding hydrogens is 294 g/mol. The lowest BCUT2D eigenvalue weighted by atomic mass is 10.1. The number of nitrogens with zero attached hydrogens (tertiary/aromatic N) is 2. The predicted molar refractivity (Wildman–Crippen MR) is 89.9 cm³/mol. The highest BCUT2D eigenvalue weighted by Gasteiger charge is 2.05. The monoisotopic (exact) mass is 311 g/mol. The van der Waals surface area contributed by atoms with E-state index in [2.05, 4.69) is 28.6 Å². The second-order valence-corrected chi connectivity index (χ2v) is 6.17. The van der Waals surface area contributed by atoms with E-state index in [9.17, 15) is 4.79 Å². The summed E-state index contributed by atoms with van der Waals surface area (Å²) in [5.74, 6) is 1.28. The van der Waals surface area contributed by atoms with Crippen LogP contribution >= 0.6 is 11.8 Å². The smallest absolute Gasteiger partial charge is 0.248 e. The van der Waals surface area contributed by atoms with Crippen molar-refractivity contribution >= 4 is 23.3 Å². The van der Waals surface area contributed by atoms with Crippen molar-refractivity contribution in [3.63, 3.8) is 0 Å². The number of nitrogens with two attached hydrogens (primary N) is 1. The van der Waals surface area contributed by atoms with E-state index in [1.165, 1.54) is 5.69 Å². The first-order valence-corrected chi connectivity index (χ1v) is 8.19. The number of rotatable bonds is 5. The molecule has 2 N–H and O–H groups in total. The van der Waals surface area contributed by atoms with Gasteiger partial charge in [-0.25, -0.2) is 4.98 Å². The van der Waals surface area contributed by atoms with Gasteiger partial charge in [0.05, 0.1) is 5.69 Å². The van der Waals surface area contributed by atoms with Crippen LogP contribution in [-0.2, 0) is 11.5 Å². The first-order valence-electron chi connectivity index (χ1n) is 7.03. The molecule has 0 aliphatic carbocycles. The number of pyridine rings is 1. The molecule has 22 heavy (non-hydrogen) atoms. The Balaban J connectivity index is 1.66. The van der Waals surface area contributed by atoms with Gasteiger partial charge >= 0.3 is 0 Å². The Morgan fingerprint density at radius 1 is 1.23 bits per heavy atom. The average Bonchev–Trinajstić information content (AvgIpc) is 2.92. The van der Waals surface area contributed by atoms with Crippen LogP contribution in [0, 0.1) is 6.92 Å². The zero-order valence-electron chi connectivity index (χ0n) is 12.3. The number of fused-ring (bicyclic) bond motifs is 1. The number of hydrogen-bond acceptors (Lipinski definition) is 3. The van der Waals surface area contributed by atoms with Crippen LogP contribution in [0.4, 0.5) is 0 Å². The summed E-state index contributed by atoms with van der Waals surface area (Å²) >= 11 is 1.77. The third-order valence-corrected chi connectivity index (χ3v) is 4.51. The molecule has 0 unspecified atom stereocenters. The molecule has 112 valence electrons. The van der Waals surface area contributed by atoms with E-state index in [1.807, 2.05) is 30.3 Å². The topological polar surface area (TPSA) is 60.4 Å². The highest BCUT2D eigenvalue weighted by atomic mass is 32.2. The van der Waals surface area contributed by atoms with Crippen LogP contribution in [0.25, 0.3) is 5.65 Å². The molecule has 0 aliphatic heterocycles. The molecule has 2 aromatic heterocycles. The summed E-state index contributed by atoms with van der Waals surface area (Å²) in [4.78, 5) is 15.8. The van der Waals surface area contributed by atoms with Crippen LogP contribution in [0.1, 0.15) is 27.3 Å². The number of amides is 1. The highest BCUT2D eigenvalue weighted by molar-refractivity contribution is 7.97. The Morgan fingerprint density at radius 3 is 2.82 bits per heavy atom. The van der Waals surface area contributed by atoms with Crippen LogP contribution in [0.15, 0.2) is 48.7 Å². The number of benzene rings is 1. The van der Waals surface area contributed by atoms with Crippen LogP contribution in [0.2, 0.25) is 0 Å². The molecule has 0 radical (unpaired) electrons. The minimum Gasteiger partial charge on any atom is -0.366 e. The third kappa shape index (κ3) is 3.14. The lowest BCUT2D eigenvalue weighted by Gasteiger charge is -2.02. The van der Waals surface area contributed by atoms with E-state index >= 15 is 0 Å². The summed E-state index contributed by atoms with van der Waals surface area (Å²) in [6.07, 6.45) is 2.08. The SMILES string of the molecule is Cc1cccc2nc(CSCc3cccc(C(N)=O)c3)cn12. The van der Waals surface area contributed by atoms with E-state index in [1.54, 1.807) is 17.8 Å². The number of imidazole rings is 1. The van der Waals surface area contributed by atoms with Gasteiger partial charge in [-0.2, -0.15) is 11.8 Å². The predicted octanol–water partition coefficient (Wildman–Crippen LogP) is 3.18. The number of carbonyl (C=O) groups is 1. The Hall–Kier alpha value is -2.27. The molecule has 0 bridgehead atoms. The third-order valence-electron chi connectivity index (χ3n) is 3.48. The van der Waals surface area contributed by atoms with Gasteiger partial charge in [0.15, 0.2) is 0 Å². The van der Waals surface area contributed by atoms with Gasteiger partial charge < -0.3 is 10.1 Å². The van der Waals surface area contributed by atoms with Gasteiger partial charge in [0.25, 0.3) is 0 Å². The minimum absolute atomic E-state index is 0.386. The zero-order valence-corrected chi connectivity index (χ0v) is 13.1. The lowest BCUT2D eigenvalue weighted by Crippen LogP contribution is -2.10. The molecule has 0 saturated carbocycles. The summed E-state index contributed by atoms with van der Waals surface area (Å²) < 4.78 is 2.10. The molecule has 0 atom stereocenters. The Bertz CT molecular complexity index is 826. The van der Waals surface area contributed by atoms with Crippen LogP contribution in [0.5, 0.6) is 0 Å². The van der Waals surface area contributed by atoms with Gasteiger partial charge in [-0.15, -0.1) is 0 Å². The first-order chi connectivity index (χ1) is 10.6. The summed E-state index contributed by atoms with van der Waals surface area (Å²) in [5, 5.41) is 0. The van der Waals surface area contributed by atoms with Crippen molar-refractivity contribution in [2.75, 3.05) is 0 Å². The van der Waals surface area contributed by atoms with Crippen LogP contribution in [0.3, 0.4) is 0 Å². The van der Waals surface area contributed by atoms with E-state index in [4.69, 9.17) is 5.73 Å². The van der Waals surface area contributed by atoms with Crippen molar-refractivity contribution < 1.29 is 4.79 Å². The molecule has 3 aromatic rings. The molecule has 4 nitrogen and oxygen atoms in total. The maximum absolute atomic E-state index is 11.2. The van der Waals surface area contributed by atoms with Crippen molar-refractivity contribution in [2.24, 2.45) is 5.73 Å². The summed E-state index contributed by atoms with van der Waals surface area (Å²) in [6, 6.07) is 13.6. The molecule has 5 heteroatoms. The number of aryl methyl sites for hydroxylation is 1. The molecule has 2 heterocycles. The Morgan fingerprint density at radius 2 is 2.05 bits per heavy atom. The van der Waals surface area contributed by atoms with Gasteiger partial charge in [-0.1, -0.05) is 18.2 Å². The maximum Gasteiger partial charge on any atom is 0.248 e. The molecule has 0 fully saturated rings. The Kier molecular flexibility index (Phi) is 4.15. The number of aromatic nitrogens is 2. The zero-order chi connectivity index (χ0) is 15.5. The molecule has 0 aliphatic rings. The van der Waals surface area contributed by atoms with E-state index in [-0.39, 0.29) is 5.91 Å². The second kappa shape index (κ2) is 6.23. The van der Waals surface area contributed by atoms with E-state index < -0.39 is 0 Å². The minimum atomic E-state index is -0.386. The van der Waals surface area contributed by atoms with Gasteiger partial charge in [0, 0.05) is 29.0 Å². The van der Waals surface area contributed by atoms with Gasteiger partial charge in [0.2, 0.25) is 5.91 Å².